The Labute approximate surface area is 184 Å². The number of nitrogens with two attached hydrogens (primary N) is 2. The predicted octanol–water partition coefficient (Wildman–Crippen LogP) is -2.39. The summed E-state index contributed by atoms with van der Waals surface area (Å²) < 4.78 is 0. The van der Waals surface area contributed by atoms with E-state index in [9.17, 15) is 33.9 Å². The summed E-state index contributed by atoms with van der Waals surface area (Å²) in [6.07, 6.45) is 0.622. The Morgan fingerprint density at radius 3 is 2.12 bits per heavy atom. The van der Waals surface area contributed by atoms with E-state index in [-0.39, 0.29) is 25.9 Å². The van der Waals surface area contributed by atoms with Crippen molar-refractivity contribution in [3.05, 3.63) is 0 Å². The minimum Gasteiger partial charge on any atom is -0.481 e. The van der Waals surface area contributed by atoms with Gasteiger partial charge < -0.3 is 36.8 Å². The Morgan fingerprint density at radius 2 is 1.56 bits per heavy atom. The van der Waals surface area contributed by atoms with Crippen LogP contribution in [0, 0.1) is 0 Å². The van der Waals surface area contributed by atoms with Gasteiger partial charge in [0.1, 0.15) is 18.1 Å². The first kappa shape index (κ1) is 25.0. The molecule has 2 saturated heterocycles. The monoisotopic (exact) mass is 455 g/mol. The molecule has 13 nitrogen and oxygen atoms in total. The first-order valence-corrected chi connectivity index (χ1v) is 10.4. The van der Waals surface area contributed by atoms with Crippen molar-refractivity contribution in [1.82, 2.24) is 15.1 Å². The molecule has 0 aromatic carbocycles. The van der Waals surface area contributed by atoms with Crippen LogP contribution in [0.3, 0.4) is 0 Å². The number of carboxylic acids is 2. The van der Waals surface area contributed by atoms with Crippen LogP contribution in [0.1, 0.15) is 44.9 Å². The number of hydrogen-bond acceptors (Lipinski definition) is 7. The molecule has 4 atom stereocenters. The minimum atomic E-state index is -1.38. The van der Waals surface area contributed by atoms with E-state index < -0.39 is 66.2 Å². The van der Waals surface area contributed by atoms with E-state index in [1.165, 1.54) is 9.80 Å². The fraction of sp³-hybridized carbons (Fsp3) is 0.684. The van der Waals surface area contributed by atoms with E-state index >= 15 is 0 Å². The van der Waals surface area contributed by atoms with Crippen molar-refractivity contribution in [2.45, 2.75) is 69.1 Å². The number of nitrogens with one attached hydrogen (secondary N) is 1. The summed E-state index contributed by atoms with van der Waals surface area (Å²) in [6, 6.07) is -4.45. The summed E-state index contributed by atoms with van der Waals surface area (Å²) in [5.74, 6) is -5.12. The Kier molecular flexibility index (Phi) is 8.52. The van der Waals surface area contributed by atoms with E-state index in [0.29, 0.717) is 25.7 Å². The number of carbonyl (C=O) groups excluding carboxylic acids is 4. The molecule has 0 aromatic rings. The number of likely N-dealkylation sites (tertiary alicyclic amines) is 2. The van der Waals surface area contributed by atoms with Crippen molar-refractivity contribution < 1.29 is 39.0 Å². The van der Waals surface area contributed by atoms with Crippen LogP contribution in [0.25, 0.3) is 0 Å². The third kappa shape index (κ3) is 6.15. The van der Waals surface area contributed by atoms with Gasteiger partial charge in [0, 0.05) is 19.5 Å². The lowest BCUT2D eigenvalue weighted by Crippen LogP contribution is -2.57. The van der Waals surface area contributed by atoms with Crippen molar-refractivity contribution in [3.8, 4) is 0 Å². The van der Waals surface area contributed by atoms with Crippen LogP contribution in [0.2, 0.25) is 0 Å². The summed E-state index contributed by atoms with van der Waals surface area (Å²) >= 11 is 0. The fourth-order valence-electron chi connectivity index (χ4n) is 4.06. The Bertz CT molecular complexity index is 788. The highest BCUT2D eigenvalue weighted by Crippen LogP contribution is 2.25. The summed E-state index contributed by atoms with van der Waals surface area (Å²) in [5, 5.41) is 20.4. The van der Waals surface area contributed by atoms with E-state index in [1.807, 2.05) is 0 Å². The summed E-state index contributed by atoms with van der Waals surface area (Å²) in [7, 11) is 0. The average Bonchev–Trinajstić information content (AvgIpc) is 3.39. The van der Waals surface area contributed by atoms with Crippen molar-refractivity contribution in [3.63, 3.8) is 0 Å². The van der Waals surface area contributed by atoms with Crippen molar-refractivity contribution in [2.24, 2.45) is 11.5 Å². The van der Waals surface area contributed by atoms with Crippen molar-refractivity contribution in [1.29, 1.82) is 0 Å². The van der Waals surface area contributed by atoms with Crippen LogP contribution in [0.15, 0.2) is 0 Å². The van der Waals surface area contributed by atoms with Crippen LogP contribution in [0.5, 0.6) is 0 Å². The minimum absolute atomic E-state index is 0.172. The van der Waals surface area contributed by atoms with E-state index in [1.54, 1.807) is 0 Å². The lowest BCUT2D eigenvalue weighted by molar-refractivity contribution is -0.152. The molecule has 0 spiro atoms. The molecule has 178 valence electrons. The van der Waals surface area contributed by atoms with Gasteiger partial charge in [-0.05, 0) is 32.1 Å². The normalized spacial score (nSPS) is 22.3. The van der Waals surface area contributed by atoms with Gasteiger partial charge in [-0.3, -0.25) is 24.0 Å². The SMILES string of the molecule is NC(=O)CC(NC(=O)C(N)CCC(=O)O)C(=O)N1CCCC1C(=O)N1CCCC1C(=O)O. The molecule has 13 heteroatoms. The van der Waals surface area contributed by atoms with Gasteiger partial charge in [0.2, 0.25) is 23.6 Å². The smallest absolute Gasteiger partial charge is 0.326 e. The molecule has 0 aliphatic carbocycles. The van der Waals surface area contributed by atoms with Gasteiger partial charge in [0.15, 0.2) is 0 Å². The molecule has 0 aromatic heterocycles. The molecule has 0 radical (unpaired) electrons. The number of amides is 4. The van der Waals surface area contributed by atoms with Gasteiger partial charge in [-0.15, -0.1) is 0 Å². The van der Waals surface area contributed by atoms with E-state index in [0.717, 1.165) is 0 Å². The summed E-state index contributed by atoms with van der Waals surface area (Å²) in [6.45, 7) is 0.464. The van der Waals surface area contributed by atoms with E-state index in [2.05, 4.69) is 5.32 Å². The van der Waals surface area contributed by atoms with Crippen LogP contribution in [-0.4, -0.2) is 92.8 Å². The second kappa shape index (κ2) is 10.9. The van der Waals surface area contributed by atoms with Gasteiger partial charge in [-0.25, -0.2) is 4.79 Å². The van der Waals surface area contributed by atoms with Crippen molar-refractivity contribution >= 4 is 35.6 Å². The fourth-order valence-corrected chi connectivity index (χ4v) is 4.06. The summed E-state index contributed by atoms with van der Waals surface area (Å²) in [4.78, 5) is 74.5. The number of hydrogen-bond donors (Lipinski definition) is 5. The summed E-state index contributed by atoms with van der Waals surface area (Å²) in [5.41, 5.74) is 10.9. The molecule has 2 fully saturated rings. The number of carbonyl (C=O) groups is 6. The zero-order valence-electron chi connectivity index (χ0n) is 17.6. The predicted molar refractivity (Wildman–Crippen MR) is 108 cm³/mol. The molecule has 0 bridgehead atoms. The highest BCUT2D eigenvalue weighted by Gasteiger charge is 2.43. The number of primary amides is 1. The van der Waals surface area contributed by atoms with Gasteiger partial charge in [-0.2, -0.15) is 0 Å². The Balaban J connectivity index is 2.13. The van der Waals surface area contributed by atoms with Crippen LogP contribution in [0.4, 0.5) is 0 Å². The number of carboxylic acid groups (broad SMARTS) is 2. The largest absolute Gasteiger partial charge is 0.481 e. The molecule has 4 unspecified atom stereocenters. The maximum atomic E-state index is 13.1. The van der Waals surface area contributed by atoms with Crippen LogP contribution >= 0.6 is 0 Å². The third-order valence-electron chi connectivity index (χ3n) is 5.67. The molecule has 7 N–H and O–H groups in total. The highest BCUT2D eigenvalue weighted by atomic mass is 16.4. The maximum Gasteiger partial charge on any atom is 0.326 e. The molecule has 4 amide bonds. The van der Waals surface area contributed by atoms with Gasteiger partial charge >= 0.3 is 11.9 Å². The Hall–Kier alpha value is -3.22. The zero-order valence-corrected chi connectivity index (χ0v) is 17.6. The number of rotatable bonds is 10. The van der Waals surface area contributed by atoms with E-state index in [4.69, 9.17) is 16.6 Å². The van der Waals surface area contributed by atoms with Crippen molar-refractivity contribution in [2.75, 3.05) is 13.1 Å². The second-order valence-electron chi connectivity index (χ2n) is 7.99. The van der Waals surface area contributed by atoms with Crippen LogP contribution in [-0.2, 0) is 28.8 Å². The standard InChI is InChI=1S/C19H29N5O8/c20-10(5-6-15(26)27)16(28)22-11(9-14(21)25)17(29)23-7-1-3-12(23)18(30)24-8-2-4-13(24)19(31)32/h10-13H,1-9,20H2,(H2,21,25)(H,22,28)(H,26,27)(H,31,32). The lowest BCUT2D eigenvalue weighted by atomic mass is 10.1. The average molecular weight is 455 g/mol. The lowest BCUT2D eigenvalue weighted by Gasteiger charge is -2.32. The molecule has 2 rings (SSSR count). The molecule has 2 aliphatic rings. The molecule has 32 heavy (non-hydrogen) atoms. The zero-order chi connectivity index (χ0) is 24.0. The third-order valence-corrected chi connectivity index (χ3v) is 5.67. The maximum absolute atomic E-state index is 13.1. The van der Waals surface area contributed by atoms with Gasteiger partial charge in [0.05, 0.1) is 12.5 Å². The molecule has 2 heterocycles. The van der Waals surface area contributed by atoms with Crippen LogP contribution < -0.4 is 16.8 Å². The topological polar surface area (TPSA) is 213 Å². The number of nitrogens with zero attached hydrogens (tertiary/aromatic N) is 2. The van der Waals surface area contributed by atoms with Gasteiger partial charge in [0.25, 0.3) is 0 Å². The molecule has 2 aliphatic heterocycles. The quantitative estimate of drug-likeness (QED) is 0.237. The highest BCUT2D eigenvalue weighted by molar-refractivity contribution is 5.96. The molecule has 0 saturated carbocycles. The van der Waals surface area contributed by atoms with Gasteiger partial charge in [-0.1, -0.05) is 0 Å². The number of aliphatic carboxylic acids is 2. The first-order chi connectivity index (χ1) is 15.0. The molecular formula is C19H29N5O8. The second-order valence-corrected chi connectivity index (χ2v) is 7.99. The Morgan fingerprint density at radius 1 is 0.969 bits per heavy atom. The molecular weight excluding hydrogens is 426 g/mol. The first-order valence-electron chi connectivity index (χ1n) is 10.4.